The second-order valence-corrected chi connectivity index (χ2v) is 3.60. The van der Waals surface area contributed by atoms with Gasteiger partial charge in [-0.2, -0.15) is 0 Å². The Morgan fingerprint density at radius 3 is 2.67 bits per heavy atom. The number of rotatable bonds is 3. The molecule has 0 aliphatic carbocycles. The van der Waals surface area contributed by atoms with Gasteiger partial charge in [0.25, 0.3) is 0 Å². The average molecular weight is 199 g/mol. The smallest absolute Gasteiger partial charge is 0.0701 e. The maximum Gasteiger partial charge on any atom is 0.0701 e. The predicted molar refractivity (Wildman–Crippen MR) is 67.3 cm³/mol. The van der Waals surface area contributed by atoms with Gasteiger partial charge in [0, 0.05) is 11.3 Å². The van der Waals surface area contributed by atoms with Crippen LogP contribution >= 0.6 is 0 Å². The molecule has 0 bridgehead atoms. The Kier molecular flexibility index (Phi) is 4.04. The minimum Gasteiger partial charge on any atom is -0.254 e. The summed E-state index contributed by atoms with van der Waals surface area (Å²) in [5.41, 5.74) is 4.17. The van der Waals surface area contributed by atoms with Crippen LogP contribution in [-0.2, 0) is 0 Å². The van der Waals surface area contributed by atoms with Crippen LogP contribution in [0, 0.1) is 6.92 Å². The van der Waals surface area contributed by atoms with Crippen LogP contribution in [0.2, 0.25) is 0 Å². The molecule has 0 atom stereocenters. The third-order valence-corrected chi connectivity index (χ3v) is 1.95. The van der Waals surface area contributed by atoms with Crippen molar-refractivity contribution in [3.05, 3.63) is 59.8 Å². The lowest BCUT2D eigenvalue weighted by Crippen LogP contribution is -1.97. The molecule has 0 aliphatic heterocycles. The van der Waals surface area contributed by atoms with Crippen LogP contribution < -0.4 is 0 Å². The van der Waals surface area contributed by atoms with Gasteiger partial charge in [0.15, 0.2) is 0 Å². The fraction of sp³-hybridized carbons (Fsp3) is 0.214. The van der Waals surface area contributed by atoms with Crippen molar-refractivity contribution >= 4 is 5.71 Å². The maximum atomic E-state index is 4.41. The number of allylic oxidation sites excluding steroid dienone is 3. The van der Waals surface area contributed by atoms with Gasteiger partial charge in [-0.05, 0) is 32.9 Å². The first-order valence-corrected chi connectivity index (χ1v) is 5.07. The molecule has 1 heteroatoms. The molecular formula is C14H17N. The number of aryl methyl sites for hydroxylation is 1. The normalized spacial score (nSPS) is 12.1. The summed E-state index contributed by atoms with van der Waals surface area (Å²) in [6.07, 6.45) is 3.99. The van der Waals surface area contributed by atoms with E-state index in [0.717, 1.165) is 17.0 Å². The largest absolute Gasteiger partial charge is 0.254 e. The molecule has 15 heavy (non-hydrogen) atoms. The minimum absolute atomic E-state index is 0.824. The summed E-state index contributed by atoms with van der Waals surface area (Å²) in [5.74, 6) is 0. The zero-order valence-electron chi connectivity index (χ0n) is 9.62. The van der Waals surface area contributed by atoms with Crippen molar-refractivity contribution in [2.45, 2.75) is 20.8 Å². The monoisotopic (exact) mass is 199 g/mol. The first kappa shape index (κ1) is 11.4. The number of hydrogen-bond donors (Lipinski definition) is 0. The molecule has 0 fully saturated rings. The van der Waals surface area contributed by atoms with Gasteiger partial charge in [0.2, 0.25) is 0 Å². The molecule has 1 nitrogen and oxygen atoms in total. The Labute approximate surface area is 91.9 Å². The van der Waals surface area contributed by atoms with Crippen LogP contribution in [0.1, 0.15) is 25.0 Å². The number of nitrogens with zero attached hydrogens (tertiary/aromatic N) is 1. The van der Waals surface area contributed by atoms with Gasteiger partial charge in [0.1, 0.15) is 0 Å². The summed E-state index contributed by atoms with van der Waals surface area (Å²) in [7, 11) is 0. The average Bonchev–Trinajstić information content (AvgIpc) is 2.16. The summed E-state index contributed by atoms with van der Waals surface area (Å²) in [5, 5.41) is 0. The molecule has 0 heterocycles. The highest BCUT2D eigenvalue weighted by atomic mass is 14.7. The number of hydrogen-bond acceptors (Lipinski definition) is 1. The van der Waals surface area contributed by atoms with Crippen molar-refractivity contribution in [3.63, 3.8) is 0 Å². The third-order valence-electron chi connectivity index (χ3n) is 1.95. The highest BCUT2D eigenvalue weighted by Crippen LogP contribution is 2.08. The zero-order chi connectivity index (χ0) is 11.3. The van der Waals surface area contributed by atoms with Crippen molar-refractivity contribution in [1.29, 1.82) is 0 Å². The second kappa shape index (κ2) is 5.30. The quantitative estimate of drug-likeness (QED) is 0.655. The van der Waals surface area contributed by atoms with Crippen molar-refractivity contribution in [3.8, 4) is 0 Å². The molecule has 0 radical (unpaired) electrons. The maximum absolute atomic E-state index is 4.41. The number of benzene rings is 1. The van der Waals surface area contributed by atoms with Crippen LogP contribution in [0.3, 0.4) is 0 Å². The predicted octanol–water partition coefficient (Wildman–Crippen LogP) is 3.89. The van der Waals surface area contributed by atoms with Crippen LogP contribution in [-0.4, -0.2) is 5.71 Å². The number of aliphatic imine (C=N–C) groups is 1. The highest BCUT2D eigenvalue weighted by molar-refractivity contribution is 6.09. The van der Waals surface area contributed by atoms with E-state index in [2.05, 4.69) is 36.7 Å². The van der Waals surface area contributed by atoms with Crippen molar-refractivity contribution in [2.75, 3.05) is 0 Å². The standard InChI is InChI=1S/C14H17N/c1-5-7-14(15-11(2)3)13-9-6-8-12(4)10-13/h5-10H,2H2,1,3-4H3/b7-5-,15-14?. The van der Waals surface area contributed by atoms with E-state index in [0.29, 0.717) is 0 Å². The van der Waals surface area contributed by atoms with E-state index >= 15 is 0 Å². The Balaban J connectivity index is 3.15. The van der Waals surface area contributed by atoms with E-state index in [1.165, 1.54) is 5.56 Å². The van der Waals surface area contributed by atoms with Gasteiger partial charge in [-0.3, -0.25) is 4.99 Å². The molecule has 1 rings (SSSR count). The fourth-order valence-electron chi connectivity index (χ4n) is 1.37. The van der Waals surface area contributed by atoms with Crippen LogP contribution in [0.5, 0.6) is 0 Å². The van der Waals surface area contributed by atoms with E-state index in [1.807, 2.05) is 32.1 Å². The lowest BCUT2D eigenvalue weighted by molar-refractivity contribution is 1.32. The Bertz CT molecular complexity index is 411. The molecule has 0 saturated heterocycles. The molecule has 0 amide bonds. The van der Waals surface area contributed by atoms with Crippen LogP contribution in [0.25, 0.3) is 0 Å². The van der Waals surface area contributed by atoms with Crippen LogP contribution in [0.4, 0.5) is 0 Å². The van der Waals surface area contributed by atoms with E-state index in [-0.39, 0.29) is 0 Å². The molecule has 0 spiro atoms. The van der Waals surface area contributed by atoms with Gasteiger partial charge in [-0.1, -0.05) is 36.4 Å². The molecule has 0 unspecified atom stereocenters. The van der Waals surface area contributed by atoms with Gasteiger partial charge in [-0.25, -0.2) is 0 Å². The van der Waals surface area contributed by atoms with E-state index in [9.17, 15) is 0 Å². The van der Waals surface area contributed by atoms with Gasteiger partial charge in [-0.15, -0.1) is 0 Å². The van der Waals surface area contributed by atoms with Crippen molar-refractivity contribution in [2.24, 2.45) is 4.99 Å². The molecule has 0 N–H and O–H groups in total. The molecular weight excluding hydrogens is 182 g/mol. The molecule has 0 saturated carbocycles. The lowest BCUT2D eigenvalue weighted by Gasteiger charge is -2.03. The Morgan fingerprint density at radius 2 is 2.13 bits per heavy atom. The van der Waals surface area contributed by atoms with Crippen molar-refractivity contribution < 1.29 is 0 Å². The highest BCUT2D eigenvalue weighted by Gasteiger charge is 1.99. The molecule has 0 aliphatic rings. The van der Waals surface area contributed by atoms with Gasteiger partial charge >= 0.3 is 0 Å². The molecule has 1 aromatic carbocycles. The summed E-state index contributed by atoms with van der Waals surface area (Å²) < 4.78 is 0. The Hall–Kier alpha value is -1.63. The summed E-state index contributed by atoms with van der Waals surface area (Å²) in [6.45, 7) is 9.78. The van der Waals surface area contributed by atoms with Gasteiger partial charge < -0.3 is 0 Å². The zero-order valence-corrected chi connectivity index (χ0v) is 9.62. The van der Waals surface area contributed by atoms with Gasteiger partial charge in [0.05, 0.1) is 5.71 Å². The third kappa shape index (κ3) is 3.55. The Morgan fingerprint density at radius 1 is 1.40 bits per heavy atom. The minimum atomic E-state index is 0.824. The first-order valence-electron chi connectivity index (χ1n) is 5.07. The summed E-state index contributed by atoms with van der Waals surface area (Å²) in [6, 6.07) is 8.32. The topological polar surface area (TPSA) is 12.4 Å². The lowest BCUT2D eigenvalue weighted by atomic mass is 10.1. The van der Waals surface area contributed by atoms with E-state index in [1.54, 1.807) is 0 Å². The van der Waals surface area contributed by atoms with Crippen molar-refractivity contribution in [1.82, 2.24) is 0 Å². The fourth-order valence-corrected chi connectivity index (χ4v) is 1.37. The molecule has 0 aromatic heterocycles. The van der Waals surface area contributed by atoms with Crippen LogP contribution in [0.15, 0.2) is 53.7 Å². The summed E-state index contributed by atoms with van der Waals surface area (Å²) >= 11 is 0. The second-order valence-electron chi connectivity index (χ2n) is 3.60. The van der Waals surface area contributed by atoms with E-state index in [4.69, 9.17) is 0 Å². The molecule has 1 aromatic rings. The summed E-state index contributed by atoms with van der Waals surface area (Å²) in [4.78, 5) is 4.41. The first-order chi connectivity index (χ1) is 7.13. The SMILES string of the molecule is C=C(C)N=C(/C=C\C)c1cccc(C)c1. The van der Waals surface area contributed by atoms with E-state index < -0.39 is 0 Å². The molecule has 78 valence electrons.